The molecule has 6 nitrogen and oxygen atoms in total. The van der Waals surface area contributed by atoms with Crippen molar-refractivity contribution in [3.63, 3.8) is 0 Å². The van der Waals surface area contributed by atoms with Crippen LogP contribution in [-0.2, 0) is 16.2 Å². The van der Waals surface area contributed by atoms with Crippen LogP contribution in [0.3, 0.4) is 0 Å². The fraction of sp³-hybridized carbons (Fsp3) is 0.167. The number of nitrogens with one attached hydrogen (secondary N) is 1. The van der Waals surface area contributed by atoms with E-state index < -0.39 is 21.8 Å². The van der Waals surface area contributed by atoms with Gasteiger partial charge >= 0.3 is 6.18 Å². The summed E-state index contributed by atoms with van der Waals surface area (Å²) in [5.41, 5.74) is -0.00115. The normalized spacial score (nSPS) is 12.1. The molecule has 0 saturated carbocycles. The summed E-state index contributed by atoms with van der Waals surface area (Å²) in [6.45, 7) is 1.77. The van der Waals surface area contributed by atoms with Crippen molar-refractivity contribution in [3.8, 4) is 11.6 Å². The third-order valence-corrected chi connectivity index (χ3v) is 5.57. The second-order valence-corrected chi connectivity index (χ2v) is 8.12. The maximum absolute atomic E-state index is 12.9. The Morgan fingerprint density at radius 2 is 1.93 bits per heavy atom. The van der Waals surface area contributed by atoms with E-state index in [2.05, 4.69) is 9.71 Å². The molecule has 0 amide bonds. The Labute approximate surface area is 170 Å². The third kappa shape index (κ3) is 4.48. The Kier molecular flexibility index (Phi) is 5.50. The summed E-state index contributed by atoms with van der Waals surface area (Å²) in [5.74, 6) is 0.317. The molecular weight excluding hydrogens is 431 g/mol. The van der Waals surface area contributed by atoms with Gasteiger partial charge in [0.1, 0.15) is 5.75 Å². The number of methoxy groups -OCH3 is 1. The van der Waals surface area contributed by atoms with Gasteiger partial charge in [-0.15, -0.1) is 0 Å². The number of benzene rings is 1. The van der Waals surface area contributed by atoms with Gasteiger partial charge in [0, 0.05) is 18.5 Å². The van der Waals surface area contributed by atoms with E-state index in [4.69, 9.17) is 16.3 Å². The van der Waals surface area contributed by atoms with Gasteiger partial charge in [-0.3, -0.25) is 9.29 Å². The topological polar surface area (TPSA) is 73.2 Å². The molecule has 29 heavy (non-hydrogen) atoms. The number of sulfonamides is 1. The van der Waals surface area contributed by atoms with Crippen LogP contribution >= 0.6 is 11.6 Å². The summed E-state index contributed by atoms with van der Waals surface area (Å²) in [4.78, 5) is 3.71. The summed E-state index contributed by atoms with van der Waals surface area (Å²) in [6, 6.07) is 8.23. The second kappa shape index (κ2) is 7.60. The maximum atomic E-state index is 12.9. The minimum Gasteiger partial charge on any atom is -0.497 e. The number of nitrogens with zero attached hydrogens (tertiary/aromatic N) is 2. The highest BCUT2D eigenvalue weighted by Gasteiger charge is 2.32. The number of ether oxygens (including phenoxy) is 1. The summed E-state index contributed by atoms with van der Waals surface area (Å²) < 4.78 is 72.9. The predicted molar refractivity (Wildman–Crippen MR) is 102 cm³/mol. The van der Waals surface area contributed by atoms with E-state index in [1.165, 1.54) is 31.5 Å². The van der Waals surface area contributed by atoms with Crippen molar-refractivity contribution in [2.24, 2.45) is 0 Å². The molecule has 1 aromatic carbocycles. The van der Waals surface area contributed by atoms with Crippen LogP contribution in [0.25, 0.3) is 5.82 Å². The minimum atomic E-state index is -4.62. The Morgan fingerprint density at radius 3 is 2.55 bits per heavy atom. The highest BCUT2D eigenvalue weighted by Crippen LogP contribution is 2.33. The van der Waals surface area contributed by atoms with E-state index in [0.29, 0.717) is 18.0 Å². The molecule has 2 heterocycles. The number of hydrogen-bond acceptors (Lipinski definition) is 4. The standard InChI is InChI=1S/C18H15ClF3N3O3S/c1-11-6-13(9-14(7-11)28-2)24-29(26,27)16-4-3-5-25(16)17-15(19)8-12(10-23-17)18(20,21)22/h3-10,24H,1-2H3. The largest absolute Gasteiger partial charge is 0.497 e. The van der Waals surface area contributed by atoms with E-state index in [0.717, 1.165) is 10.1 Å². The maximum Gasteiger partial charge on any atom is 0.417 e. The van der Waals surface area contributed by atoms with Crippen LogP contribution in [-0.4, -0.2) is 25.1 Å². The molecule has 11 heteroatoms. The molecule has 0 aliphatic carbocycles. The van der Waals surface area contributed by atoms with E-state index in [9.17, 15) is 21.6 Å². The minimum absolute atomic E-state index is 0.146. The monoisotopic (exact) mass is 445 g/mol. The SMILES string of the molecule is COc1cc(C)cc(NS(=O)(=O)c2cccn2-c2ncc(C(F)(F)F)cc2Cl)c1. The van der Waals surface area contributed by atoms with Crippen LogP contribution in [0.1, 0.15) is 11.1 Å². The number of anilines is 1. The molecule has 0 fully saturated rings. The van der Waals surface area contributed by atoms with Gasteiger partial charge in [-0.25, -0.2) is 4.98 Å². The molecule has 2 aromatic heterocycles. The molecule has 0 atom stereocenters. The Balaban J connectivity index is 2.01. The van der Waals surface area contributed by atoms with Gasteiger partial charge in [-0.2, -0.15) is 21.6 Å². The summed E-state index contributed by atoms with van der Waals surface area (Å²) in [6.07, 6.45) is -2.68. The van der Waals surface area contributed by atoms with Crippen molar-refractivity contribution in [1.29, 1.82) is 0 Å². The average molecular weight is 446 g/mol. The van der Waals surface area contributed by atoms with Gasteiger partial charge < -0.3 is 4.74 Å². The lowest BCUT2D eigenvalue weighted by Crippen LogP contribution is -2.17. The molecule has 154 valence electrons. The van der Waals surface area contributed by atoms with Crippen molar-refractivity contribution in [2.45, 2.75) is 18.1 Å². The molecule has 0 spiro atoms. The fourth-order valence-corrected chi connectivity index (χ4v) is 4.11. The van der Waals surface area contributed by atoms with Crippen molar-refractivity contribution < 1.29 is 26.3 Å². The second-order valence-electron chi connectivity index (χ2n) is 6.09. The molecule has 0 unspecified atom stereocenters. The molecule has 0 aliphatic heterocycles. The zero-order valence-corrected chi connectivity index (χ0v) is 16.7. The number of aryl methyl sites for hydroxylation is 1. The van der Waals surface area contributed by atoms with E-state index in [1.807, 2.05) is 0 Å². The van der Waals surface area contributed by atoms with E-state index >= 15 is 0 Å². The number of hydrogen-bond donors (Lipinski definition) is 1. The highest BCUT2D eigenvalue weighted by atomic mass is 35.5. The lowest BCUT2D eigenvalue weighted by Gasteiger charge is -2.14. The first-order valence-electron chi connectivity index (χ1n) is 8.10. The van der Waals surface area contributed by atoms with Crippen LogP contribution in [0.5, 0.6) is 5.75 Å². The molecule has 0 bridgehead atoms. The van der Waals surface area contributed by atoms with Crippen molar-refractivity contribution in [3.05, 3.63) is 64.9 Å². The summed E-state index contributed by atoms with van der Waals surface area (Å²) in [5, 5.41) is -0.586. The number of alkyl halides is 3. The van der Waals surface area contributed by atoms with Gasteiger partial charge in [0.25, 0.3) is 10.0 Å². The first-order valence-corrected chi connectivity index (χ1v) is 9.96. The van der Waals surface area contributed by atoms with Crippen LogP contribution < -0.4 is 9.46 Å². The quantitative estimate of drug-likeness (QED) is 0.619. The lowest BCUT2D eigenvalue weighted by molar-refractivity contribution is -0.137. The molecular formula is C18H15ClF3N3O3S. The van der Waals surface area contributed by atoms with Gasteiger partial charge in [-0.05, 0) is 42.8 Å². The van der Waals surface area contributed by atoms with Gasteiger partial charge in [0.2, 0.25) is 0 Å². The number of halogens is 4. The summed E-state index contributed by atoms with van der Waals surface area (Å²) in [7, 11) is -2.65. The highest BCUT2D eigenvalue weighted by molar-refractivity contribution is 7.92. The Hall–Kier alpha value is -2.72. The number of aromatic nitrogens is 2. The van der Waals surface area contributed by atoms with Crippen molar-refractivity contribution in [2.75, 3.05) is 11.8 Å². The van der Waals surface area contributed by atoms with E-state index in [1.54, 1.807) is 19.1 Å². The van der Waals surface area contributed by atoms with Crippen molar-refractivity contribution in [1.82, 2.24) is 9.55 Å². The zero-order chi connectivity index (χ0) is 21.4. The van der Waals surface area contributed by atoms with Gasteiger partial charge in [0.15, 0.2) is 10.8 Å². The average Bonchev–Trinajstić information content (AvgIpc) is 3.10. The third-order valence-electron chi connectivity index (χ3n) is 3.90. The van der Waals surface area contributed by atoms with Gasteiger partial charge in [-0.1, -0.05) is 11.6 Å². The molecule has 3 aromatic rings. The first kappa shape index (κ1) is 21.0. The van der Waals surface area contributed by atoms with E-state index in [-0.39, 0.29) is 21.6 Å². The molecule has 1 N–H and O–H groups in total. The molecule has 0 radical (unpaired) electrons. The summed E-state index contributed by atoms with van der Waals surface area (Å²) >= 11 is 5.95. The predicted octanol–water partition coefficient (Wildman–Crippen LogP) is 4.66. The lowest BCUT2D eigenvalue weighted by atomic mass is 10.2. The van der Waals surface area contributed by atoms with Crippen molar-refractivity contribution >= 4 is 27.3 Å². The Bertz CT molecular complexity index is 1160. The van der Waals surface area contributed by atoms with Crippen LogP contribution in [0, 0.1) is 6.92 Å². The molecule has 3 rings (SSSR count). The zero-order valence-electron chi connectivity index (χ0n) is 15.2. The first-order chi connectivity index (χ1) is 13.5. The van der Waals surface area contributed by atoms with Crippen LogP contribution in [0.15, 0.2) is 53.8 Å². The Morgan fingerprint density at radius 1 is 1.21 bits per heavy atom. The van der Waals surface area contributed by atoms with Crippen LogP contribution in [0.4, 0.5) is 18.9 Å². The van der Waals surface area contributed by atoms with Gasteiger partial charge in [0.05, 0.1) is 23.4 Å². The van der Waals surface area contributed by atoms with Crippen LogP contribution in [0.2, 0.25) is 5.02 Å². The fourth-order valence-electron chi connectivity index (χ4n) is 2.65. The molecule has 0 aliphatic rings. The number of rotatable bonds is 5. The molecule has 0 saturated heterocycles. The number of pyridine rings is 1. The smallest absolute Gasteiger partial charge is 0.417 e.